The second-order valence-electron chi connectivity index (χ2n) is 7.15. The number of fused-ring (bicyclic) bond motifs is 2. The first-order chi connectivity index (χ1) is 13.1. The number of nitrogens with zero attached hydrogens (tertiary/aromatic N) is 1. The Balaban J connectivity index is 1.78. The van der Waals surface area contributed by atoms with Crippen molar-refractivity contribution in [2.75, 3.05) is 39.6 Å². The summed E-state index contributed by atoms with van der Waals surface area (Å²) in [5.74, 6) is -1.80. The number of rotatable bonds is 6. The average molecular weight is 376 g/mol. The number of ether oxygens (including phenoxy) is 3. The molecular formula is C19H24N2O6. The van der Waals surface area contributed by atoms with Crippen molar-refractivity contribution < 1.29 is 28.9 Å². The average Bonchev–Trinajstić information content (AvgIpc) is 2.66. The minimum Gasteiger partial charge on any atom is -0.467 e. The maximum absolute atomic E-state index is 13.3. The number of primary amides is 1. The number of carbonyl (C=O) groups excluding carboxylic acids is 2. The highest BCUT2D eigenvalue weighted by atomic mass is 16.5. The number of amides is 2. The highest BCUT2D eigenvalue weighted by Crippen LogP contribution is 2.56. The Kier molecular flexibility index (Phi) is 4.79. The molecule has 3 aliphatic rings. The molecule has 0 spiro atoms. The lowest BCUT2D eigenvalue weighted by Gasteiger charge is -2.60. The summed E-state index contributed by atoms with van der Waals surface area (Å²) < 4.78 is 17.5. The first-order valence-corrected chi connectivity index (χ1v) is 9.25. The maximum atomic E-state index is 13.3. The fourth-order valence-electron chi connectivity index (χ4n) is 4.74. The van der Waals surface area contributed by atoms with Crippen molar-refractivity contribution >= 4 is 11.8 Å². The van der Waals surface area contributed by atoms with Gasteiger partial charge in [0, 0.05) is 18.9 Å². The summed E-state index contributed by atoms with van der Waals surface area (Å²) >= 11 is 0. The first kappa shape index (κ1) is 18.2. The van der Waals surface area contributed by atoms with E-state index in [1.54, 1.807) is 4.90 Å². The predicted molar refractivity (Wildman–Crippen MR) is 93.8 cm³/mol. The third kappa shape index (κ3) is 2.79. The molecule has 2 bridgehead atoms. The summed E-state index contributed by atoms with van der Waals surface area (Å²) in [5, 5.41) is 8.90. The van der Waals surface area contributed by atoms with Crippen molar-refractivity contribution in [3.8, 4) is 5.75 Å². The third-order valence-corrected chi connectivity index (χ3v) is 5.83. The van der Waals surface area contributed by atoms with E-state index in [2.05, 4.69) is 0 Å². The number of aliphatic hydroxyl groups excluding tert-OH is 1. The lowest BCUT2D eigenvalue weighted by Crippen LogP contribution is -2.73. The molecule has 2 saturated heterocycles. The zero-order valence-corrected chi connectivity index (χ0v) is 15.0. The summed E-state index contributed by atoms with van der Waals surface area (Å²) in [4.78, 5) is 27.2. The van der Waals surface area contributed by atoms with Gasteiger partial charge in [0.2, 0.25) is 11.8 Å². The van der Waals surface area contributed by atoms with Gasteiger partial charge in [-0.3, -0.25) is 9.59 Å². The van der Waals surface area contributed by atoms with E-state index in [9.17, 15) is 9.59 Å². The van der Waals surface area contributed by atoms with Gasteiger partial charge in [-0.2, -0.15) is 0 Å². The molecule has 0 saturated carbocycles. The third-order valence-electron chi connectivity index (χ3n) is 5.83. The number of benzene rings is 1. The van der Waals surface area contributed by atoms with Gasteiger partial charge < -0.3 is 30.0 Å². The Hall–Kier alpha value is -2.16. The minimum atomic E-state index is -0.965. The zero-order valence-electron chi connectivity index (χ0n) is 15.0. The molecule has 8 nitrogen and oxygen atoms in total. The van der Waals surface area contributed by atoms with Crippen molar-refractivity contribution in [3.63, 3.8) is 0 Å². The van der Waals surface area contributed by atoms with Crippen molar-refractivity contribution in [1.29, 1.82) is 0 Å². The van der Waals surface area contributed by atoms with E-state index in [4.69, 9.17) is 25.1 Å². The number of carbonyl (C=O) groups is 2. The van der Waals surface area contributed by atoms with Crippen LogP contribution in [-0.4, -0.2) is 67.1 Å². The van der Waals surface area contributed by atoms with Crippen LogP contribution in [0.5, 0.6) is 5.75 Å². The van der Waals surface area contributed by atoms with Crippen LogP contribution in [0.4, 0.5) is 0 Å². The normalized spacial score (nSPS) is 31.7. The van der Waals surface area contributed by atoms with E-state index in [1.165, 1.54) is 0 Å². The number of likely N-dealkylation sites (tertiary alicyclic amines) is 1. The van der Waals surface area contributed by atoms with Crippen LogP contribution in [0.25, 0.3) is 0 Å². The lowest BCUT2D eigenvalue weighted by molar-refractivity contribution is -0.229. The Labute approximate surface area is 157 Å². The minimum absolute atomic E-state index is 0.0919. The van der Waals surface area contributed by atoms with E-state index in [-0.39, 0.29) is 44.1 Å². The van der Waals surface area contributed by atoms with Gasteiger partial charge in [0.1, 0.15) is 11.7 Å². The topological polar surface area (TPSA) is 111 Å². The van der Waals surface area contributed by atoms with Crippen LogP contribution in [0.3, 0.4) is 0 Å². The Morgan fingerprint density at radius 1 is 1.37 bits per heavy atom. The van der Waals surface area contributed by atoms with Crippen LogP contribution >= 0.6 is 0 Å². The van der Waals surface area contributed by atoms with Gasteiger partial charge in [-0.05, 0) is 11.6 Å². The Bertz CT molecular complexity index is 741. The molecule has 2 fully saturated rings. The van der Waals surface area contributed by atoms with Crippen molar-refractivity contribution in [1.82, 2.24) is 4.90 Å². The van der Waals surface area contributed by atoms with Crippen LogP contribution in [0.15, 0.2) is 24.3 Å². The maximum Gasteiger partial charge on any atom is 0.238 e. The molecule has 4 unspecified atom stereocenters. The molecule has 4 rings (SSSR count). The molecular weight excluding hydrogens is 352 g/mol. The van der Waals surface area contributed by atoms with Gasteiger partial charge in [0.15, 0.2) is 5.72 Å². The van der Waals surface area contributed by atoms with Crippen molar-refractivity contribution in [2.24, 2.45) is 17.6 Å². The van der Waals surface area contributed by atoms with Crippen molar-refractivity contribution in [2.45, 2.75) is 18.1 Å². The monoisotopic (exact) mass is 376 g/mol. The second-order valence-corrected chi connectivity index (χ2v) is 7.15. The standard InChI is InChI=1S/C19H24N2O6/c20-17(23)16-15-12-3-1-2-4-14(12)27-19(5-8-26-11-13(15)19)21(18(16)24)6-9-25-10-7-22/h1-4,13,15-16,22H,5-11H2,(H2,20,23). The molecule has 2 amide bonds. The number of hydrogen-bond acceptors (Lipinski definition) is 6. The molecule has 0 radical (unpaired) electrons. The number of aliphatic hydroxyl groups is 1. The molecule has 3 heterocycles. The highest BCUT2D eigenvalue weighted by Gasteiger charge is 2.64. The molecule has 4 atom stereocenters. The Morgan fingerprint density at radius 2 is 2.19 bits per heavy atom. The number of nitrogens with two attached hydrogens (primary N) is 1. The summed E-state index contributed by atoms with van der Waals surface area (Å²) in [6.07, 6.45) is 0.514. The molecule has 3 aliphatic heterocycles. The predicted octanol–water partition coefficient (Wildman–Crippen LogP) is -0.152. The summed E-state index contributed by atoms with van der Waals surface area (Å²) in [6.45, 7) is 1.45. The molecule has 146 valence electrons. The van der Waals surface area contributed by atoms with Gasteiger partial charge in [-0.25, -0.2) is 0 Å². The largest absolute Gasteiger partial charge is 0.467 e. The van der Waals surface area contributed by atoms with Crippen LogP contribution < -0.4 is 10.5 Å². The molecule has 3 N–H and O–H groups in total. The van der Waals surface area contributed by atoms with Gasteiger partial charge in [0.25, 0.3) is 0 Å². The highest BCUT2D eigenvalue weighted by molar-refractivity contribution is 6.02. The SMILES string of the molecule is NC(=O)C1C(=O)N(CCOCCO)C23CCOCC2C1c1ccccc1O3. The fraction of sp³-hybridized carbons (Fsp3) is 0.579. The number of para-hydroxylation sites is 1. The first-order valence-electron chi connectivity index (χ1n) is 9.25. The molecule has 0 aromatic heterocycles. The molecule has 8 heteroatoms. The van der Waals surface area contributed by atoms with Crippen LogP contribution in [0.2, 0.25) is 0 Å². The van der Waals surface area contributed by atoms with Crippen molar-refractivity contribution in [3.05, 3.63) is 29.8 Å². The molecule has 1 aromatic rings. The van der Waals surface area contributed by atoms with E-state index in [0.29, 0.717) is 25.4 Å². The summed E-state index contributed by atoms with van der Waals surface area (Å²) in [6, 6.07) is 7.50. The summed E-state index contributed by atoms with van der Waals surface area (Å²) in [7, 11) is 0. The quantitative estimate of drug-likeness (QED) is 0.528. The summed E-state index contributed by atoms with van der Waals surface area (Å²) in [5.41, 5.74) is 5.63. The van der Waals surface area contributed by atoms with Crippen LogP contribution in [0.1, 0.15) is 17.9 Å². The van der Waals surface area contributed by atoms with E-state index in [0.717, 1.165) is 5.56 Å². The van der Waals surface area contributed by atoms with Gasteiger partial charge in [-0.1, -0.05) is 18.2 Å². The van der Waals surface area contributed by atoms with Gasteiger partial charge in [-0.15, -0.1) is 0 Å². The van der Waals surface area contributed by atoms with E-state index in [1.807, 2.05) is 24.3 Å². The van der Waals surface area contributed by atoms with Crippen LogP contribution in [0, 0.1) is 11.8 Å². The van der Waals surface area contributed by atoms with Gasteiger partial charge >= 0.3 is 0 Å². The Morgan fingerprint density at radius 3 is 2.96 bits per heavy atom. The lowest BCUT2D eigenvalue weighted by atomic mass is 9.64. The second kappa shape index (κ2) is 7.10. The molecule has 0 aliphatic carbocycles. The van der Waals surface area contributed by atoms with Crippen LogP contribution in [-0.2, 0) is 19.1 Å². The van der Waals surface area contributed by atoms with Gasteiger partial charge in [0.05, 0.1) is 39.0 Å². The number of piperidine rings is 1. The zero-order chi connectivity index (χ0) is 19.0. The van der Waals surface area contributed by atoms with E-state index >= 15 is 0 Å². The molecule has 1 aromatic carbocycles. The number of hydrogen-bond donors (Lipinski definition) is 2. The molecule has 27 heavy (non-hydrogen) atoms. The smallest absolute Gasteiger partial charge is 0.238 e. The fourth-order valence-corrected chi connectivity index (χ4v) is 4.74. The van der Waals surface area contributed by atoms with E-state index < -0.39 is 17.6 Å².